The van der Waals surface area contributed by atoms with Crippen LogP contribution in [0.3, 0.4) is 0 Å². The van der Waals surface area contributed by atoms with E-state index in [0.29, 0.717) is 36.6 Å². The molecular weight excluding hydrogens is 365 g/mol. The number of rotatable bonds is 7. The average Bonchev–Trinajstić information content (AvgIpc) is 3.03. The number of hydrogen-bond acceptors (Lipinski definition) is 5. The van der Waals surface area contributed by atoms with Gasteiger partial charge in [0.2, 0.25) is 0 Å². The first-order valence-electron chi connectivity index (χ1n) is 9.29. The molecule has 0 unspecified atom stereocenters. The Kier molecular flexibility index (Phi) is 6.31. The highest BCUT2D eigenvalue weighted by atomic mass is 19.1. The van der Waals surface area contributed by atoms with Gasteiger partial charge in [0.25, 0.3) is 5.91 Å². The van der Waals surface area contributed by atoms with Crippen molar-refractivity contribution in [1.82, 2.24) is 15.1 Å². The molecule has 8 heteroatoms. The zero-order valence-electron chi connectivity index (χ0n) is 16.6. The van der Waals surface area contributed by atoms with E-state index < -0.39 is 5.82 Å². The Labute approximate surface area is 163 Å². The van der Waals surface area contributed by atoms with Gasteiger partial charge in [-0.05, 0) is 19.9 Å². The molecule has 1 aliphatic heterocycles. The second-order valence-electron chi connectivity index (χ2n) is 6.86. The third-order valence-electron chi connectivity index (χ3n) is 4.83. The van der Waals surface area contributed by atoms with Crippen molar-refractivity contribution in [1.29, 1.82) is 0 Å². The number of benzene rings is 1. The van der Waals surface area contributed by atoms with Gasteiger partial charge < -0.3 is 19.5 Å². The quantitative estimate of drug-likeness (QED) is 0.785. The minimum Gasteiger partial charge on any atom is -0.497 e. The molecule has 1 amide bonds. The van der Waals surface area contributed by atoms with Crippen LogP contribution in [0, 0.1) is 5.82 Å². The molecule has 1 N–H and O–H groups in total. The number of nitrogens with one attached hydrogen (secondary N) is 1. The third-order valence-corrected chi connectivity index (χ3v) is 4.83. The standard InChI is InChI=1S/C20H26FN3O4/c1-12-9-16-18(23-24(7-8-26-3)19(16)13(2)28-12)20(25)22-11-14-5-6-15(27-4)10-17(14)21/h5-6,10,12-13H,7-9,11H2,1-4H3,(H,22,25)/t12-,13+/m1/s1. The number of methoxy groups -OCH3 is 2. The maximum Gasteiger partial charge on any atom is 0.272 e. The molecule has 2 heterocycles. The maximum atomic E-state index is 14.1. The number of ether oxygens (including phenoxy) is 3. The monoisotopic (exact) mass is 391 g/mol. The molecule has 0 fully saturated rings. The van der Waals surface area contributed by atoms with E-state index >= 15 is 0 Å². The van der Waals surface area contributed by atoms with E-state index in [0.717, 1.165) is 11.3 Å². The summed E-state index contributed by atoms with van der Waals surface area (Å²) in [6.45, 7) is 5.00. The van der Waals surface area contributed by atoms with Crippen molar-refractivity contribution in [3.8, 4) is 5.75 Å². The second-order valence-corrected chi connectivity index (χ2v) is 6.86. The van der Waals surface area contributed by atoms with Gasteiger partial charge in [-0.1, -0.05) is 6.07 Å². The van der Waals surface area contributed by atoms with E-state index in [1.807, 2.05) is 13.8 Å². The van der Waals surface area contributed by atoms with E-state index in [-0.39, 0.29) is 24.7 Å². The normalized spacial score (nSPS) is 18.6. The SMILES string of the molecule is COCCn1nc(C(=O)NCc2ccc(OC)cc2F)c2c1[C@H](C)O[C@H](C)C2. The van der Waals surface area contributed by atoms with E-state index in [4.69, 9.17) is 14.2 Å². The largest absolute Gasteiger partial charge is 0.497 e. The van der Waals surface area contributed by atoms with Crippen LogP contribution in [0.15, 0.2) is 18.2 Å². The van der Waals surface area contributed by atoms with Crippen molar-refractivity contribution in [3.05, 3.63) is 46.5 Å². The molecule has 0 spiro atoms. The second kappa shape index (κ2) is 8.70. The number of halogens is 1. The lowest BCUT2D eigenvalue weighted by Crippen LogP contribution is -2.27. The van der Waals surface area contributed by atoms with Crippen LogP contribution >= 0.6 is 0 Å². The van der Waals surface area contributed by atoms with Gasteiger partial charge in [-0.15, -0.1) is 0 Å². The van der Waals surface area contributed by atoms with Crippen molar-refractivity contribution in [2.24, 2.45) is 0 Å². The number of hydrogen-bond donors (Lipinski definition) is 1. The van der Waals surface area contributed by atoms with E-state index in [9.17, 15) is 9.18 Å². The first kappa shape index (κ1) is 20.3. The summed E-state index contributed by atoms with van der Waals surface area (Å²) in [5, 5.41) is 7.28. The Bertz CT molecular complexity index is 852. The van der Waals surface area contributed by atoms with Gasteiger partial charge in [0, 0.05) is 37.3 Å². The van der Waals surface area contributed by atoms with Gasteiger partial charge in [0.05, 0.1) is 38.2 Å². The molecule has 2 atom stereocenters. The van der Waals surface area contributed by atoms with Crippen LogP contribution in [0.2, 0.25) is 0 Å². The summed E-state index contributed by atoms with van der Waals surface area (Å²) in [7, 11) is 3.10. The summed E-state index contributed by atoms with van der Waals surface area (Å²) in [6, 6.07) is 4.55. The van der Waals surface area contributed by atoms with Gasteiger partial charge in [0.1, 0.15) is 11.6 Å². The van der Waals surface area contributed by atoms with Crippen LogP contribution in [-0.2, 0) is 29.0 Å². The Morgan fingerprint density at radius 2 is 2.18 bits per heavy atom. The molecule has 7 nitrogen and oxygen atoms in total. The first-order valence-corrected chi connectivity index (χ1v) is 9.29. The highest BCUT2D eigenvalue weighted by Gasteiger charge is 2.32. The molecule has 2 aromatic rings. The molecular formula is C20H26FN3O4. The number of carbonyl (C=O) groups excluding carboxylic acids is 1. The van der Waals surface area contributed by atoms with Crippen LogP contribution < -0.4 is 10.1 Å². The molecule has 0 radical (unpaired) electrons. The molecule has 0 saturated carbocycles. The lowest BCUT2D eigenvalue weighted by atomic mass is 9.99. The van der Waals surface area contributed by atoms with Crippen LogP contribution in [0.25, 0.3) is 0 Å². The fraction of sp³-hybridized carbons (Fsp3) is 0.500. The van der Waals surface area contributed by atoms with Gasteiger partial charge in [-0.25, -0.2) is 4.39 Å². The van der Waals surface area contributed by atoms with Gasteiger partial charge in [-0.2, -0.15) is 5.10 Å². The molecule has 0 bridgehead atoms. The van der Waals surface area contributed by atoms with Crippen LogP contribution in [0.4, 0.5) is 4.39 Å². The highest BCUT2D eigenvalue weighted by molar-refractivity contribution is 5.94. The number of fused-ring (bicyclic) bond motifs is 1. The molecule has 0 aliphatic carbocycles. The van der Waals surface area contributed by atoms with Crippen molar-refractivity contribution < 1.29 is 23.4 Å². The predicted molar refractivity (Wildman–Crippen MR) is 101 cm³/mol. The first-order chi connectivity index (χ1) is 13.4. The van der Waals surface area contributed by atoms with Crippen LogP contribution in [-0.4, -0.2) is 42.6 Å². The number of aromatic nitrogens is 2. The lowest BCUT2D eigenvalue weighted by Gasteiger charge is -2.27. The van der Waals surface area contributed by atoms with Gasteiger partial charge >= 0.3 is 0 Å². The maximum absolute atomic E-state index is 14.1. The molecule has 1 aliphatic rings. The average molecular weight is 391 g/mol. The van der Waals surface area contributed by atoms with Crippen LogP contribution in [0.1, 0.15) is 47.3 Å². The number of amides is 1. The van der Waals surface area contributed by atoms with Crippen LogP contribution in [0.5, 0.6) is 5.75 Å². The van der Waals surface area contributed by atoms with Crippen molar-refractivity contribution in [3.63, 3.8) is 0 Å². The predicted octanol–water partition coefficient (Wildman–Crippen LogP) is 2.63. The minimum absolute atomic E-state index is 0.00634. The molecule has 3 rings (SSSR count). The molecule has 1 aromatic heterocycles. The summed E-state index contributed by atoms with van der Waals surface area (Å²) in [5.41, 5.74) is 2.53. The summed E-state index contributed by atoms with van der Waals surface area (Å²) in [5.74, 6) is -0.326. The Balaban J connectivity index is 1.81. The summed E-state index contributed by atoms with van der Waals surface area (Å²) in [6.07, 6.45) is 0.434. The number of nitrogens with zero attached hydrogens (tertiary/aromatic N) is 2. The highest BCUT2D eigenvalue weighted by Crippen LogP contribution is 2.32. The topological polar surface area (TPSA) is 74.6 Å². The Morgan fingerprint density at radius 1 is 1.39 bits per heavy atom. The summed E-state index contributed by atoms with van der Waals surface area (Å²) in [4.78, 5) is 12.8. The van der Waals surface area contributed by atoms with Gasteiger partial charge in [0.15, 0.2) is 5.69 Å². The third kappa shape index (κ3) is 4.18. The van der Waals surface area contributed by atoms with Crippen molar-refractivity contribution >= 4 is 5.91 Å². The smallest absolute Gasteiger partial charge is 0.272 e. The molecule has 28 heavy (non-hydrogen) atoms. The lowest BCUT2D eigenvalue weighted by molar-refractivity contribution is -0.0101. The Morgan fingerprint density at radius 3 is 2.86 bits per heavy atom. The molecule has 152 valence electrons. The van der Waals surface area contributed by atoms with E-state index in [1.165, 1.54) is 13.2 Å². The fourth-order valence-corrected chi connectivity index (χ4v) is 3.51. The number of carbonyl (C=O) groups is 1. The summed E-state index contributed by atoms with van der Waals surface area (Å²) < 4.78 is 31.9. The minimum atomic E-state index is -0.428. The molecule has 0 saturated heterocycles. The summed E-state index contributed by atoms with van der Waals surface area (Å²) >= 11 is 0. The fourth-order valence-electron chi connectivity index (χ4n) is 3.51. The van der Waals surface area contributed by atoms with E-state index in [1.54, 1.807) is 23.9 Å². The molecule has 1 aromatic carbocycles. The zero-order chi connectivity index (χ0) is 20.3. The van der Waals surface area contributed by atoms with Gasteiger partial charge in [-0.3, -0.25) is 9.48 Å². The van der Waals surface area contributed by atoms with Crippen molar-refractivity contribution in [2.45, 2.75) is 45.6 Å². The zero-order valence-corrected chi connectivity index (χ0v) is 16.6. The van der Waals surface area contributed by atoms with E-state index in [2.05, 4.69) is 10.4 Å². The van der Waals surface area contributed by atoms with Crippen molar-refractivity contribution in [2.75, 3.05) is 20.8 Å². The Hall–Kier alpha value is -2.45.